The molecule has 1 atom stereocenters. The molecule has 0 saturated heterocycles. The summed E-state index contributed by atoms with van der Waals surface area (Å²) in [6.07, 6.45) is 1.12. The second-order valence-electron chi connectivity index (χ2n) is 4.38. The number of hydrogen-bond donors (Lipinski definition) is 1. The van der Waals surface area contributed by atoms with Gasteiger partial charge in [-0.25, -0.2) is 4.98 Å². The molecule has 0 aliphatic carbocycles. The second kappa shape index (κ2) is 6.84. The first-order valence-electron chi connectivity index (χ1n) is 6.26. The number of nitrogens with zero attached hydrogens (tertiary/aromatic N) is 1. The molecule has 2 rings (SSSR count). The van der Waals surface area contributed by atoms with Gasteiger partial charge in [0.15, 0.2) is 0 Å². The maximum Gasteiger partial charge on any atom is 0.125 e. The van der Waals surface area contributed by atoms with E-state index >= 15 is 0 Å². The second-order valence-corrected chi connectivity index (χ2v) is 6.56. The highest BCUT2D eigenvalue weighted by Gasteiger charge is 2.12. The van der Waals surface area contributed by atoms with Crippen LogP contribution in [0.5, 0.6) is 0 Å². The fourth-order valence-electron chi connectivity index (χ4n) is 1.74. The van der Waals surface area contributed by atoms with Crippen molar-refractivity contribution in [3.8, 4) is 10.6 Å². The molecule has 1 N–H and O–H groups in total. The van der Waals surface area contributed by atoms with Gasteiger partial charge in [0.1, 0.15) is 5.01 Å². The molecule has 0 radical (unpaired) electrons. The van der Waals surface area contributed by atoms with Gasteiger partial charge in [-0.2, -0.15) is 0 Å². The van der Waals surface area contributed by atoms with E-state index in [-0.39, 0.29) is 6.04 Å². The minimum Gasteiger partial charge on any atom is -0.309 e. The van der Waals surface area contributed by atoms with E-state index in [9.17, 15) is 0 Å². The summed E-state index contributed by atoms with van der Waals surface area (Å²) >= 11 is 11.3. The SMILES string of the molecule is CCCNC(C)c1csc(-c2cc(Br)ccc2Cl)n1. The van der Waals surface area contributed by atoms with E-state index < -0.39 is 0 Å². The van der Waals surface area contributed by atoms with Crippen LogP contribution in [0.15, 0.2) is 28.1 Å². The van der Waals surface area contributed by atoms with Crippen LogP contribution in [0.2, 0.25) is 5.02 Å². The maximum absolute atomic E-state index is 6.23. The van der Waals surface area contributed by atoms with Crippen LogP contribution >= 0.6 is 38.9 Å². The lowest BCUT2D eigenvalue weighted by molar-refractivity contribution is 0.561. The molecule has 0 bridgehead atoms. The van der Waals surface area contributed by atoms with Gasteiger partial charge >= 0.3 is 0 Å². The van der Waals surface area contributed by atoms with Crippen LogP contribution in [0.25, 0.3) is 10.6 Å². The number of thiazole rings is 1. The number of halogens is 2. The van der Waals surface area contributed by atoms with Crippen LogP contribution in [0.3, 0.4) is 0 Å². The average molecular weight is 360 g/mol. The highest BCUT2D eigenvalue weighted by Crippen LogP contribution is 2.33. The van der Waals surface area contributed by atoms with Crippen LogP contribution in [0, 0.1) is 0 Å². The standard InChI is InChI=1S/C14H16BrClN2S/c1-3-6-17-9(2)13-8-19-14(18-13)11-7-10(15)4-5-12(11)16/h4-5,7-9,17H,3,6H2,1-2H3. The molecule has 1 heterocycles. The van der Waals surface area contributed by atoms with Crippen molar-refractivity contribution in [2.24, 2.45) is 0 Å². The third kappa shape index (κ3) is 3.78. The van der Waals surface area contributed by atoms with E-state index in [1.54, 1.807) is 11.3 Å². The summed E-state index contributed by atoms with van der Waals surface area (Å²) in [5.74, 6) is 0. The Morgan fingerprint density at radius 1 is 1.47 bits per heavy atom. The van der Waals surface area contributed by atoms with Crippen molar-refractivity contribution in [1.82, 2.24) is 10.3 Å². The molecule has 1 unspecified atom stereocenters. The Kier molecular flexibility index (Phi) is 5.39. The van der Waals surface area contributed by atoms with E-state index in [1.807, 2.05) is 18.2 Å². The van der Waals surface area contributed by atoms with Crippen molar-refractivity contribution in [2.45, 2.75) is 26.3 Å². The Morgan fingerprint density at radius 2 is 2.26 bits per heavy atom. The lowest BCUT2D eigenvalue weighted by atomic mass is 10.2. The summed E-state index contributed by atoms with van der Waals surface area (Å²) in [7, 11) is 0. The molecule has 0 aliphatic heterocycles. The molecule has 0 fully saturated rings. The quantitative estimate of drug-likeness (QED) is 0.785. The molecule has 102 valence electrons. The lowest BCUT2D eigenvalue weighted by Crippen LogP contribution is -2.19. The Bertz CT molecular complexity index is 556. The first-order valence-corrected chi connectivity index (χ1v) is 8.31. The Labute approximate surface area is 131 Å². The minimum atomic E-state index is 0.274. The molecular formula is C14H16BrClN2S. The largest absolute Gasteiger partial charge is 0.309 e. The van der Waals surface area contributed by atoms with Crippen molar-refractivity contribution < 1.29 is 0 Å². The highest BCUT2D eigenvalue weighted by molar-refractivity contribution is 9.10. The summed E-state index contributed by atoms with van der Waals surface area (Å²) in [4.78, 5) is 4.69. The van der Waals surface area contributed by atoms with Crippen LogP contribution in [-0.4, -0.2) is 11.5 Å². The van der Waals surface area contributed by atoms with Gasteiger partial charge in [-0.3, -0.25) is 0 Å². The fraction of sp³-hybridized carbons (Fsp3) is 0.357. The number of hydrogen-bond acceptors (Lipinski definition) is 3. The third-order valence-corrected chi connectivity index (χ3v) is 4.54. The van der Waals surface area contributed by atoms with Crippen LogP contribution < -0.4 is 5.32 Å². The topological polar surface area (TPSA) is 24.9 Å². The Hall–Kier alpha value is -0.420. The van der Waals surface area contributed by atoms with Gasteiger partial charge in [0, 0.05) is 21.5 Å². The number of rotatable bonds is 5. The third-order valence-electron chi connectivity index (χ3n) is 2.82. The van der Waals surface area contributed by atoms with Crippen LogP contribution in [-0.2, 0) is 0 Å². The Balaban J connectivity index is 2.23. The van der Waals surface area contributed by atoms with E-state index in [4.69, 9.17) is 11.6 Å². The molecule has 19 heavy (non-hydrogen) atoms. The van der Waals surface area contributed by atoms with Crippen LogP contribution in [0.4, 0.5) is 0 Å². The molecule has 2 aromatic rings. The minimum absolute atomic E-state index is 0.274. The normalized spacial score (nSPS) is 12.6. The van der Waals surface area contributed by atoms with Gasteiger partial charge in [-0.05, 0) is 38.1 Å². The van der Waals surface area contributed by atoms with Crippen LogP contribution in [0.1, 0.15) is 32.0 Å². The predicted molar refractivity (Wildman–Crippen MR) is 87.0 cm³/mol. The zero-order valence-corrected chi connectivity index (χ0v) is 14.1. The number of nitrogens with one attached hydrogen (secondary N) is 1. The molecule has 1 aromatic heterocycles. The Morgan fingerprint density at radius 3 is 3.00 bits per heavy atom. The van der Waals surface area contributed by atoms with E-state index in [2.05, 4.69) is 45.5 Å². The molecule has 0 saturated carbocycles. The molecule has 0 spiro atoms. The first-order chi connectivity index (χ1) is 9.11. The molecule has 5 heteroatoms. The maximum atomic E-state index is 6.23. The zero-order chi connectivity index (χ0) is 13.8. The number of aromatic nitrogens is 1. The van der Waals surface area contributed by atoms with Gasteiger partial charge in [0.05, 0.1) is 10.7 Å². The van der Waals surface area contributed by atoms with Gasteiger partial charge < -0.3 is 5.32 Å². The van der Waals surface area contributed by atoms with Crippen molar-refractivity contribution in [3.05, 3.63) is 38.8 Å². The summed E-state index contributed by atoms with van der Waals surface area (Å²) in [5.41, 5.74) is 2.06. The molecule has 1 aromatic carbocycles. The lowest BCUT2D eigenvalue weighted by Gasteiger charge is -2.09. The predicted octanol–water partition coefficient (Wildman–Crippen LogP) is 5.29. The average Bonchev–Trinajstić information content (AvgIpc) is 2.88. The summed E-state index contributed by atoms with van der Waals surface area (Å²) in [6.45, 7) is 5.30. The number of benzene rings is 1. The molecule has 0 amide bonds. The molecule has 2 nitrogen and oxygen atoms in total. The van der Waals surface area contributed by atoms with Gasteiger partial charge in [0.2, 0.25) is 0 Å². The first kappa shape index (κ1) is 15.0. The highest BCUT2D eigenvalue weighted by atomic mass is 79.9. The fourth-order valence-corrected chi connectivity index (χ4v) is 3.30. The van der Waals surface area contributed by atoms with Crippen molar-refractivity contribution >= 4 is 38.9 Å². The van der Waals surface area contributed by atoms with Gasteiger partial charge in [0.25, 0.3) is 0 Å². The van der Waals surface area contributed by atoms with E-state index in [0.29, 0.717) is 0 Å². The summed E-state index contributed by atoms with van der Waals surface area (Å²) < 4.78 is 1.01. The summed E-state index contributed by atoms with van der Waals surface area (Å²) in [5, 5.41) is 7.24. The van der Waals surface area contributed by atoms with E-state index in [0.717, 1.165) is 38.7 Å². The van der Waals surface area contributed by atoms with Crippen molar-refractivity contribution in [3.63, 3.8) is 0 Å². The van der Waals surface area contributed by atoms with Crippen molar-refractivity contribution in [2.75, 3.05) is 6.54 Å². The van der Waals surface area contributed by atoms with Crippen molar-refractivity contribution in [1.29, 1.82) is 0 Å². The van der Waals surface area contributed by atoms with Gasteiger partial charge in [-0.1, -0.05) is 34.5 Å². The summed E-state index contributed by atoms with van der Waals surface area (Å²) in [6, 6.07) is 6.11. The monoisotopic (exact) mass is 358 g/mol. The smallest absolute Gasteiger partial charge is 0.125 e. The zero-order valence-electron chi connectivity index (χ0n) is 10.9. The molecule has 0 aliphatic rings. The van der Waals surface area contributed by atoms with Gasteiger partial charge in [-0.15, -0.1) is 11.3 Å². The molecular weight excluding hydrogens is 344 g/mol. The van der Waals surface area contributed by atoms with E-state index in [1.165, 1.54) is 0 Å².